The summed E-state index contributed by atoms with van der Waals surface area (Å²) in [5.74, 6) is -4.77. The van der Waals surface area contributed by atoms with Crippen LogP contribution in [0.1, 0.15) is 30.5 Å². The maximum absolute atomic E-state index is 13.6. The molecule has 2 aliphatic heterocycles. The minimum absolute atomic E-state index is 0.00605. The first-order valence-electron chi connectivity index (χ1n) is 11.0. The molecule has 35 heavy (non-hydrogen) atoms. The van der Waals surface area contributed by atoms with Crippen molar-refractivity contribution in [1.82, 2.24) is 14.1 Å². The third kappa shape index (κ3) is 4.27. The van der Waals surface area contributed by atoms with Gasteiger partial charge in [-0.15, -0.1) is 0 Å². The van der Waals surface area contributed by atoms with Crippen molar-refractivity contribution in [3.8, 4) is 0 Å². The molecule has 3 heterocycles. The van der Waals surface area contributed by atoms with Crippen LogP contribution < -0.4 is 9.62 Å². The Labute approximate surface area is 200 Å². The first-order valence-corrected chi connectivity index (χ1v) is 12.4. The minimum Gasteiger partial charge on any atom is -0.309 e. The number of carbonyl (C=O) groups is 1. The van der Waals surface area contributed by atoms with E-state index in [1.54, 1.807) is 22.7 Å². The van der Waals surface area contributed by atoms with E-state index in [4.69, 9.17) is 0 Å². The van der Waals surface area contributed by atoms with Gasteiger partial charge in [0.1, 0.15) is 0 Å². The van der Waals surface area contributed by atoms with Gasteiger partial charge in [0.15, 0.2) is 17.5 Å². The summed E-state index contributed by atoms with van der Waals surface area (Å²) in [7, 11) is -4.28. The largest absolute Gasteiger partial charge is 0.309 e. The second-order valence-corrected chi connectivity index (χ2v) is 10.4. The SMILES string of the molecule is C[C@H]1Cn2ncc(N3CC(c4ccccc4)CC3=O)c2CN1S(=O)(=O)Nc1cc(F)c(F)c(F)c1. The zero-order chi connectivity index (χ0) is 24.9. The van der Waals surface area contributed by atoms with Crippen molar-refractivity contribution < 1.29 is 26.4 Å². The van der Waals surface area contributed by atoms with Crippen LogP contribution in [0.15, 0.2) is 48.7 Å². The van der Waals surface area contributed by atoms with Gasteiger partial charge in [-0.25, -0.2) is 13.2 Å². The summed E-state index contributed by atoms with van der Waals surface area (Å²) in [6.07, 6.45) is 1.89. The lowest BCUT2D eigenvalue weighted by atomic mass is 9.98. The average Bonchev–Trinajstić information content (AvgIpc) is 3.39. The molecule has 1 saturated heterocycles. The van der Waals surface area contributed by atoms with Gasteiger partial charge in [-0.3, -0.25) is 14.2 Å². The standard InChI is InChI=1S/C23H22F3N5O3S/c1-14-11-30-21(13-31(14)35(33,34)28-17-8-18(24)23(26)19(25)9-17)20(10-27-30)29-12-16(7-22(29)32)15-5-3-2-4-6-15/h2-6,8-10,14,16,28H,7,11-13H2,1H3/t14-,16?/m0/s1. The van der Waals surface area contributed by atoms with E-state index in [1.807, 2.05) is 30.3 Å². The Kier molecular flexibility index (Phi) is 5.80. The number of carbonyl (C=O) groups excluding carboxylic acids is 1. The first kappa shape index (κ1) is 23.4. The van der Waals surface area contributed by atoms with E-state index in [9.17, 15) is 26.4 Å². The summed E-state index contributed by atoms with van der Waals surface area (Å²) in [4.78, 5) is 14.5. The van der Waals surface area contributed by atoms with Gasteiger partial charge in [0.05, 0.1) is 36.4 Å². The molecule has 12 heteroatoms. The van der Waals surface area contributed by atoms with Crippen LogP contribution in [0.4, 0.5) is 24.5 Å². The van der Waals surface area contributed by atoms with Gasteiger partial charge in [0, 0.05) is 37.1 Å². The van der Waals surface area contributed by atoms with Crippen LogP contribution in [0.3, 0.4) is 0 Å². The van der Waals surface area contributed by atoms with E-state index >= 15 is 0 Å². The Morgan fingerprint density at radius 2 is 1.74 bits per heavy atom. The topological polar surface area (TPSA) is 87.5 Å². The molecule has 1 amide bonds. The monoisotopic (exact) mass is 505 g/mol. The molecule has 3 aromatic rings. The third-order valence-corrected chi connectivity index (χ3v) is 7.99. The average molecular weight is 506 g/mol. The number of hydrogen-bond donors (Lipinski definition) is 1. The fourth-order valence-corrected chi connectivity index (χ4v) is 5.99. The number of benzene rings is 2. The van der Waals surface area contributed by atoms with Gasteiger partial charge in [0.2, 0.25) is 5.91 Å². The molecule has 0 spiro atoms. The maximum Gasteiger partial charge on any atom is 0.302 e. The van der Waals surface area contributed by atoms with Crippen molar-refractivity contribution in [2.24, 2.45) is 0 Å². The molecule has 5 rings (SSSR count). The molecule has 2 aliphatic rings. The lowest BCUT2D eigenvalue weighted by Crippen LogP contribution is -2.47. The highest BCUT2D eigenvalue weighted by Crippen LogP contribution is 2.36. The third-order valence-electron chi connectivity index (χ3n) is 6.39. The molecule has 184 valence electrons. The van der Waals surface area contributed by atoms with Crippen LogP contribution in [0.2, 0.25) is 0 Å². The molecule has 1 aromatic heterocycles. The predicted molar refractivity (Wildman–Crippen MR) is 122 cm³/mol. The Morgan fingerprint density at radius 3 is 2.43 bits per heavy atom. The quantitative estimate of drug-likeness (QED) is 0.539. The molecule has 2 atom stereocenters. The van der Waals surface area contributed by atoms with Crippen molar-refractivity contribution in [2.45, 2.75) is 38.4 Å². The molecule has 0 saturated carbocycles. The highest BCUT2D eigenvalue weighted by atomic mass is 32.2. The van der Waals surface area contributed by atoms with E-state index in [1.165, 1.54) is 0 Å². The minimum atomic E-state index is -4.28. The fourth-order valence-electron chi connectivity index (χ4n) is 4.62. The van der Waals surface area contributed by atoms with Crippen molar-refractivity contribution in [2.75, 3.05) is 16.2 Å². The van der Waals surface area contributed by atoms with Crippen LogP contribution in [0.5, 0.6) is 0 Å². The van der Waals surface area contributed by atoms with E-state index in [2.05, 4.69) is 9.82 Å². The van der Waals surface area contributed by atoms with Crippen molar-refractivity contribution >= 4 is 27.5 Å². The Morgan fingerprint density at radius 1 is 1.06 bits per heavy atom. The van der Waals surface area contributed by atoms with Crippen LogP contribution in [0, 0.1) is 17.5 Å². The van der Waals surface area contributed by atoms with Gasteiger partial charge >= 0.3 is 10.2 Å². The number of nitrogens with zero attached hydrogens (tertiary/aromatic N) is 4. The van der Waals surface area contributed by atoms with Crippen LogP contribution in [-0.4, -0.2) is 41.0 Å². The van der Waals surface area contributed by atoms with Crippen molar-refractivity contribution in [3.05, 3.63) is 77.4 Å². The molecular formula is C23H22F3N5O3S. The predicted octanol–water partition coefficient (Wildman–Crippen LogP) is 3.38. The zero-order valence-electron chi connectivity index (χ0n) is 18.7. The molecule has 8 nitrogen and oxygen atoms in total. The van der Waals surface area contributed by atoms with E-state index in [-0.39, 0.29) is 24.9 Å². The van der Waals surface area contributed by atoms with E-state index in [0.717, 1.165) is 9.87 Å². The maximum atomic E-state index is 13.6. The van der Waals surface area contributed by atoms with Crippen molar-refractivity contribution in [3.63, 3.8) is 0 Å². The number of amides is 1. The van der Waals surface area contributed by atoms with Gasteiger partial charge < -0.3 is 4.90 Å². The Bertz CT molecular complexity index is 1370. The van der Waals surface area contributed by atoms with Crippen LogP contribution in [0.25, 0.3) is 0 Å². The summed E-state index contributed by atoms with van der Waals surface area (Å²) in [6.45, 7) is 2.21. The summed E-state index contributed by atoms with van der Waals surface area (Å²) in [5, 5.41) is 4.36. The van der Waals surface area contributed by atoms with Gasteiger partial charge in [-0.05, 0) is 12.5 Å². The van der Waals surface area contributed by atoms with Gasteiger partial charge in [0.25, 0.3) is 0 Å². The molecule has 0 radical (unpaired) electrons. The number of nitrogens with one attached hydrogen (secondary N) is 1. The van der Waals surface area contributed by atoms with Crippen LogP contribution in [-0.2, 0) is 28.1 Å². The number of hydrogen-bond acceptors (Lipinski definition) is 4. The fraction of sp³-hybridized carbons (Fsp3) is 0.304. The van der Waals surface area contributed by atoms with Gasteiger partial charge in [-0.1, -0.05) is 30.3 Å². The Balaban J connectivity index is 1.40. The number of halogens is 3. The first-order chi connectivity index (χ1) is 16.6. The molecule has 2 aromatic carbocycles. The normalized spacial score (nSPS) is 20.8. The molecule has 0 aliphatic carbocycles. The highest BCUT2D eigenvalue weighted by Gasteiger charge is 2.39. The lowest BCUT2D eigenvalue weighted by molar-refractivity contribution is -0.117. The lowest BCUT2D eigenvalue weighted by Gasteiger charge is -2.34. The smallest absolute Gasteiger partial charge is 0.302 e. The summed E-state index contributed by atoms with van der Waals surface area (Å²) < 4.78 is 71.6. The number of aromatic nitrogens is 2. The molecular weight excluding hydrogens is 483 g/mol. The second kappa shape index (κ2) is 8.68. The number of fused-ring (bicyclic) bond motifs is 1. The number of anilines is 2. The van der Waals surface area contributed by atoms with E-state index in [0.29, 0.717) is 36.5 Å². The zero-order valence-corrected chi connectivity index (χ0v) is 19.5. The highest BCUT2D eigenvalue weighted by molar-refractivity contribution is 7.90. The summed E-state index contributed by atoms with van der Waals surface area (Å²) in [6, 6.07) is 10.3. The molecule has 1 unspecified atom stereocenters. The molecule has 1 fully saturated rings. The van der Waals surface area contributed by atoms with E-state index < -0.39 is 39.4 Å². The second-order valence-electron chi connectivity index (χ2n) is 8.73. The number of rotatable bonds is 5. The summed E-state index contributed by atoms with van der Waals surface area (Å²) >= 11 is 0. The molecule has 0 bridgehead atoms. The molecule has 1 N–H and O–H groups in total. The van der Waals surface area contributed by atoms with Crippen LogP contribution >= 0.6 is 0 Å². The summed E-state index contributed by atoms with van der Waals surface area (Å²) in [5.41, 5.74) is 1.67. The van der Waals surface area contributed by atoms with Gasteiger partial charge in [-0.2, -0.15) is 17.8 Å². The van der Waals surface area contributed by atoms with Crippen molar-refractivity contribution in [1.29, 1.82) is 0 Å². The Hall–Kier alpha value is -3.38.